The lowest BCUT2D eigenvalue weighted by Gasteiger charge is -2.35. The van der Waals surface area contributed by atoms with Crippen molar-refractivity contribution in [2.24, 2.45) is 0 Å². The van der Waals surface area contributed by atoms with Crippen LogP contribution in [0, 0.1) is 5.82 Å². The van der Waals surface area contributed by atoms with E-state index in [0.29, 0.717) is 12.2 Å². The molecule has 2 rings (SSSR count). The number of nitrogens with zero attached hydrogens (tertiary/aromatic N) is 2. The molecule has 0 saturated heterocycles. The van der Waals surface area contributed by atoms with Gasteiger partial charge in [0.2, 0.25) is 5.91 Å². The summed E-state index contributed by atoms with van der Waals surface area (Å²) >= 11 is 0. The number of benzene rings is 1. The normalized spacial score (nSPS) is 15.1. The lowest BCUT2D eigenvalue weighted by atomic mass is 10.1. The molecule has 0 spiro atoms. The average molecular weight is 208 g/mol. The highest BCUT2D eigenvalue weighted by atomic mass is 19.1. The fraction of sp³-hybridized carbons (Fsp3) is 0.364. The topological polar surface area (TPSA) is 23.6 Å². The molecule has 0 aliphatic carbocycles. The van der Waals surface area contributed by atoms with Gasteiger partial charge in [0.05, 0.1) is 11.4 Å². The highest BCUT2D eigenvalue weighted by molar-refractivity contribution is 5.96. The Morgan fingerprint density at radius 3 is 2.73 bits per heavy atom. The fourth-order valence-corrected chi connectivity index (χ4v) is 1.85. The Balaban J connectivity index is 2.51. The maximum Gasteiger partial charge on any atom is 0.223 e. The van der Waals surface area contributed by atoms with Crippen LogP contribution >= 0.6 is 0 Å². The summed E-state index contributed by atoms with van der Waals surface area (Å²) in [6.07, 6.45) is 0. The van der Waals surface area contributed by atoms with E-state index in [-0.39, 0.29) is 11.7 Å². The van der Waals surface area contributed by atoms with Crippen molar-refractivity contribution in [3.05, 3.63) is 24.0 Å². The monoisotopic (exact) mass is 208 g/mol. The summed E-state index contributed by atoms with van der Waals surface area (Å²) in [5.41, 5.74) is 1.56. The Morgan fingerprint density at radius 1 is 1.33 bits per heavy atom. The maximum absolute atomic E-state index is 13.1. The number of amides is 1. The van der Waals surface area contributed by atoms with Crippen LogP contribution in [-0.4, -0.2) is 26.0 Å². The SMILES string of the molecule is CC(=O)N1CCN(C)c2ccc(F)cc21. The second kappa shape index (κ2) is 3.53. The van der Waals surface area contributed by atoms with Gasteiger partial charge in [-0.2, -0.15) is 0 Å². The Kier molecular flexibility index (Phi) is 2.34. The predicted octanol–water partition coefficient (Wildman–Crippen LogP) is 1.63. The number of rotatable bonds is 0. The third kappa shape index (κ3) is 1.67. The molecule has 4 heteroatoms. The molecule has 0 N–H and O–H groups in total. The summed E-state index contributed by atoms with van der Waals surface area (Å²) < 4.78 is 13.1. The Morgan fingerprint density at radius 2 is 2.07 bits per heavy atom. The highest BCUT2D eigenvalue weighted by Crippen LogP contribution is 2.32. The van der Waals surface area contributed by atoms with E-state index in [4.69, 9.17) is 0 Å². The van der Waals surface area contributed by atoms with Crippen LogP contribution in [0.4, 0.5) is 15.8 Å². The van der Waals surface area contributed by atoms with Crippen LogP contribution in [-0.2, 0) is 4.79 Å². The first-order chi connectivity index (χ1) is 7.09. The van der Waals surface area contributed by atoms with Gasteiger partial charge in [-0.3, -0.25) is 4.79 Å². The van der Waals surface area contributed by atoms with Crippen molar-refractivity contribution < 1.29 is 9.18 Å². The number of halogens is 1. The number of likely N-dealkylation sites (N-methyl/N-ethyl adjacent to an activating group) is 1. The molecular formula is C11H13FN2O. The van der Waals surface area contributed by atoms with E-state index in [1.807, 2.05) is 11.9 Å². The summed E-state index contributed by atoms with van der Waals surface area (Å²) in [5.74, 6) is -0.356. The summed E-state index contributed by atoms with van der Waals surface area (Å²) in [6, 6.07) is 4.53. The third-order valence-corrected chi connectivity index (χ3v) is 2.68. The lowest BCUT2D eigenvalue weighted by molar-refractivity contribution is -0.116. The van der Waals surface area contributed by atoms with E-state index in [1.165, 1.54) is 19.1 Å². The van der Waals surface area contributed by atoms with E-state index in [1.54, 1.807) is 11.0 Å². The molecule has 0 saturated carbocycles. The minimum absolute atomic E-state index is 0.0463. The van der Waals surface area contributed by atoms with E-state index in [2.05, 4.69) is 0 Å². The predicted molar refractivity (Wildman–Crippen MR) is 57.7 cm³/mol. The molecule has 1 aromatic rings. The maximum atomic E-state index is 13.1. The highest BCUT2D eigenvalue weighted by Gasteiger charge is 2.23. The number of fused-ring (bicyclic) bond motifs is 1. The van der Waals surface area contributed by atoms with Crippen LogP contribution in [0.1, 0.15) is 6.92 Å². The quantitative estimate of drug-likeness (QED) is 0.647. The van der Waals surface area contributed by atoms with E-state index in [9.17, 15) is 9.18 Å². The van der Waals surface area contributed by atoms with Crippen LogP contribution in [0.25, 0.3) is 0 Å². The molecule has 0 fully saturated rings. The molecule has 3 nitrogen and oxygen atoms in total. The third-order valence-electron chi connectivity index (χ3n) is 2.68. The molecule has 80 valence electrons. The molecule has 1 heterocycles. The Hall–Kier alpha value is -1.58. The first-order valence-corrected chi connectivity index (χ1v) is 4.88. The van der Waals surface area contributed by atoms with Crippen molar-refractivity contribution in [2.75, 3.05) is 29.9 Å². The van der Waals surface area contributed by atoms with Crippen molar-refractivity contribution >= 4 is 17.3 Å². The smallest absolute Gasteiger partial charge is 0.223 e. The minimum Gasteiger partial charge on any atom is -0.371 e. The molecule has 15 heavy (non-hydrogen) atoms. The molecule has 1 aliphatic rings. The summed E-state index contributed by atoms with van der Waals surface area (Å²) in [5, 5.41) is 0. The van der Waals surface area contributed by atoms with Gasteiger partial charge in [-0.15, -0.1) is 0 Å². The van der Waals surface area contributed by atoms with Crippen molar-refractivity contribution in [1.29, 1.82) is 0 Å². The van der Waals surface area contributed by atoms with Crippen molar-refractivity contribution in [3.8, 4) is 0 Å². The van der Waals surface area contributed by atoms with Gasteiger partial charge in [0.25, 0.3) is 0 Å². The molecule has 0 bridgehead atoms. The van der Waals surface area contributed by atoms with Gasteiger partial charge in [-0.05, 0) is 18.2 Å². The van der Waals surface area contributed by atoms with Crippen LogP contribution in [0.5, 0.6) is 0 Å². The van der Waals surface area contributed by atoms with Crippen LogP contribution < -0.4 is 9.80 Å². The molecule has 0 unspecified atom stereocenters. The van der Waals surface area contributed by atoms with Gasteiger partial charge in [0.15, 0.2) is 0 Å². The standard InChI is InChI=1S/C11H13FN2O/c1-8(15)14-6-5-13(2)10-4-3-9(12)7-11(10)14/h3-4,7H,5-6H2,1-2H3. The van der Waals surface area contributed by atoms with Gasteiger partial charge in [0.1, 0.15) is 5.82 Å². The van der Waals surface area contributed by atoms with E-state index < -0.39 is 0 Å². The average Bonchev–Trinajstić information content (AvgIpc) is 2.17. The van der Waals surface area contributed by atoms with Gasteiger partial charge in [0, 0.05) is 27.1 Å². The van der Waals surface area contributed by atoms with E-state index in [0.717, 1.165) is 12.2 Å². The van der Waals surface area contributed by atoms with E-state index >= 15 is 0 Å². The van der Waals surface area contributed by atoms with Gasteiger partial charge >= 0.3 is 0 Å². The second-order valence-corrected chi connectivity index (χ2v) is 3.73. The number of hydrogen-bond acceptors (Lipinski definition) is 2. The van der Waals surface area contributed by atoms with Crippen LogP contribution in [0.15, 0.2) is 18.2 Å². The van der Waals surface area contributed by atoms with Crippen molar-refractivity contribution in [1.82, 2.24) is 0 Å². The van der Waals surface area contributed by atoms with Crippen LogP contribution in [0.2, 0.25) is 0 Å². The Labute approximate surface area is 88.1 Å². The Bertz CT molecular complexity index is 406. The van der Waals surface area contributed by atoms with Gasteiger partial charge in [-0.25, -0.2) is 4.39 Å². The summed E-state index contributed by atoms with van der Waals surface area (Å²) in [4.78, 5) is 15.0. The molecule has 1 aromatic carbocycles. The number of carbonyl (C=O) groups excluding carboxylic acids is 1. The van der Waals surface area contributed by atoms with Gasteiger partial charge in [-0.1, -0.05) is 0 Å². The molecule has 0 atom stereocenters. The summed E-state index contributed by atoms with van der Waals surface area (Å²) in [7, 11) is 1.94. The zero-order chi connectivity index (χ0) is 11.0. The number of carbonyl (C=O) groups is 1. The van der Waals surface area contributed by atoms with Crippen molar-refractivity contribution in [3.63, 3.8) is 0 Å². The number of anilines is 2. The molecule has 1 amide bonds. The number of hydrogen-bond donors (Lipinski definition) is 0. The first-order valence-electron chi connectivity index (χ1n) is 4.88. The molecule has 1 aliphatic heterocycles. The largest absolute Gasteiger partial charge is 0.371 e. The lowest BCUT2D eigenvalue weighted by Crippen LogP contribution is -2.41. The zero-order valence-corrected chi connectivity index (χ0v) is 8.83. The van der Waals surface area contributed by atoms with Crippen LogP contribution in [0.3, 0.4) is 0 Å². The molecule has 0 aromatic heterocycles. The first kappa shape index (κ1) is 9.96. The van der Waals surface area contributed by atoms with Gasteiger partial charge < -0.3 is 9.80 Å². The molecular weight excluding hydrogens is 195 g/mol. The fourth-order valence-electron chi connectivity index (χ4n) is 1.85. The molecule has 0 radical (unpaired) electrons. The minimum atomic E-state index is -0.310. The summed E-state index contributed by atoms with van der Waals surface area (Å²) in [6.45, 7) is 2.89. The zero-order valence-electron chi connectivity index (χ0n) is 8.83. The van der Waals surface area contributed by atoms with Crippen molar-refractivity contribution in [2.45, 2.75) is 6.92 Å². The second-order valence-electron chi connectivity index (χ2n) is 3.73.